The average molecular weight is 260 g/mol. The first-order valence-electron chi connectivity index (χ1n) is 5.21. The van der Waals surface area contributed by atoms with Crippen molar-refractivity contribution in [1.82, 2.24) is 4.98 Å². The summed E-state index contributed by atoms with van der Waals surface area (Å²) in [6.07, 6.45) is 0.509. The van der Waals surface area contributed by atoms with Gasteiger partial charge in [-0.25, -0.2) is 4.98 Å². The van der Waals surface area contributed by atoms with Gasteiger partial charge in [-0.2, -0.15) is 5.26 Å². The molecule has 5 heteroatoms. The summed E-state index contributed by atoms with van der Waals surface area (Å²) < 4.78 is 0. The van der Waals surface area contributed by atoms with Gasteiger partial charge in [0.1, 0.15) is 11.9 Å². The van der Waals surface area contributed by atoms with Crippen LogP contribution in [0.3, 0.4) is 0 Å². The van der Waals surface area contributed by atoms with E-state index < -0.39 is 6.10 Å². The number of rotatable bonds is 2. The number of nitrogen functional groups attached to an aromatic ring is 1. The largest absolute Gasteiger partial charge is 0.384 e. The lowest BCUT2D eigenvalue weighted by Gasteiger charge is -2.13. The number of aliphatic hydroxyl groups is 1. The summed E-state index contributed by atoms with van der Waals surface area (Å²) in [5.74, 6) is 0.233. The van der Waals surface area contributed by atoms with E-state index in [0.717, 1.165) is 0 Å². The molecule has 1 aromatic heterocycles. The Morgan fingerprint density at radius 2 is 2.00 bits per heavy atom. The topological polar surface area (TPSA) is 82.9 Å². The highest BCUT2D eigenvalue weighted by atomic mass is 35.5. The van der Waals surface area contributed by atoms with E-state index in [0.29, 0.717) is 21.7 Å². The van der Waals surface area contributed by atoms with Crippen LogP contribution in [0.1, 0.15) is 22.8 Å². The molecule has 1 heterocycles. The molecule has 90 valence electrons. The lowest BCUT2D eigenvalue weighted by molar-refractivity contribution is 0.220. The minimum absolute atomic E-state index is 0.233. The van der Waals surface area contributed by atoms with Gasteiger partial charge in [0.2, 0.25) is 0 Å². The smallest absolute Gasteiger partial charge is 0.129 e. The number of halogens is 1. The van der Waals surface area contributed by atoms with Crippen LogP contribution in [-0.2, 0) is 0 Å². The Labute approximate surface area is 109 Å². The first kappa shape index (κ1) is 12.4. The second-order valence-corrected chi connectivity index (χ2v) is 4.20. The van der Waals surface area contributed by atoms with Gasteiger partial charge in [0.25, 0.3) is 0 Å². The Hall–Kier alpha value is -2.09. The number of pyridine rings is 1. The van der Waals surface area contributed by atoms with Crippen LogP contribution in [0.4, 0.5) is 5.82 Å². The lowest BCUT2D eigenvalue weighted by Crippen LogP contribution is -2.05. The molecule has 0 amide bonds. The van der Waals surface area contributed by atoms with Gasteiger partial charge < -0.3 is 10.8 Å². The summed E-state index contributed by atoms with van der Waals surface area (Å²) >= 11 is 5.82. The molecule has 4 nitrogen and oxygen atoms in total. The highest BCUT2D eigenvalue weighted by Crippen LogP contribution is 2.27. The molecule has 0 saturated heterocycles. The zero-order chi connectivity index (χ0) is 13.1. The standard InChI is InChI=1S/C13H10ClN3O/c14-10-5-11(13(16)17-7-10)12(18)9-3-1-8(6-15)2-4-9/h1-5,7,12,18H,(H2,16,17). The van der Waals surface area contributed by atoms with Gasteiger partial charge >= 0.3 is 0 Å². The minimum Gasteiger partial charge on any atom is -0.384 e. The quantitative estimate of drug-likeness (QED) is 0.867. The van der Waals surface area contributed by atoms with Gasteiger partial charge in [-0.3, -0.25) is 0 Å². The van der Waals surface area contributed by atoms with Crippen molar-refractivity contribution in [2.24, 2.45) is 0 Å². The zero-order valence-corrected chi connectivity index (χ0v) is 10.1. The number of hydrogen-bond acceptors (Lipinski definition) is 4. The Morgan fingerprint density at radius 3 is 2.61 bits per heavy atom. The van der Waals surface area contributed by atoms with Crippen LogP contribution in [-0.4, -0.2) is 10.1 Å². The molecule has 2 aromatic rings. The number of nitriles is 1. The molecule has 1 unspecified atom stereocenters. The highest BCUT2D eigenvalue weighted by Gasteiger charge is 2.14. The maximum Gasteiger partial charge on any atom is 0.129 e. The molecule has 0 fully saturated rings. The Bertz CT molecular complexity index is 605. The summed E-state index contributed by atoms with van der Waals surface area (Å²) in [7, 11) is 0. The van der Waals surface area contributed by atoms with Crippen molar-refractivity contribution < 1.29 is 5.11 Å². The molecule has 0 aliphatic heterocycles. The fourth-order valence-electron chi connectivity index (χ4n) is 1.60. The van der Waals surface area contributed by atoms with Crippen molar-refractivity contribution in [2.45, 2.75) is 6.10 Å². The number of benzene rings is 1. The van der Waals surface area contributed by atoms with Crippen molar-refractivity contribution in [3.8, 4) is 6.07 Å². The SMILES string of the molecule is N#Cc1ccc(C(O)c2cc(Cl)cnc2N)cc1. The molecular weight excluding hydrogens is 250 g/mol. The number of hydrogen-bond donors (Lipinski definition) is 2. The summed E-state index contributed by atoms with van der Waals surface area (Å²) in [5.41, 5.74) is 7.31. The molecule has 3 N–H and O–H groups in total. The Morgan fingerprint density at radius 1 is 1.33 bits per heavy atom. The minimum atomic E-state index is -0.913. The first-order valence-corrected chi connectivity index (χ1v) is 5.58. The maximum atomic E-state index is 10.2. The highest BCUT2D eigenvalue weighted by molar-refractivity contribution is 6.30. The third kappa shape index (κ3) is 2.43. The summed E-state index contributed by atoms with van der Waals surface area (Å²) in [6, 6.07) is 10.2. The van der Waals surface area contributed by atoms with E-state index in [1.54, 1.807) is 30.3 Å². The van der Waals surface area contributed by atoms with Gasteiger partial charge in [0, 0.05) is 11.8 Å². The third-order valence-electron chi connectivity index (χ3n) is 2.57. The molecule has 0 aliphatic carbocycles. The van der Waals surface area contributed by atoms with Gasteiger partial charge in [-0.15, -0.1) is 0 Å². The monoisotopic (exact) mass is 259 g/mol. The van der Waals surface area contributed by atoms with Crippen LogP contribution in [0.25, 0.3) is 0 Å². The molecule has 0 aliphatic rings. The summed E-state index contributed by atoms with van der Waals surface area (Å²) in [5, 5.41) is 19.3. The van der Waals surface area contributed by atoms with Crippen molar-refractivity contribution >= 4 is 17.4 Å². The normalized spacial score (nSPS) is 11.8. The number of nitrogens with two attached hydrogens (primary N) is 1. The second kappa shape index (κ2) is 5.05. The van der Waals surface area contributed by atoms with E-state index >= 15 is 0 Å². The van der Waals surface area contributed by atoms with E-state index in [-0.39, 0.29) is 5.82 Å². The van der Waals surface area contributed by atoms with Crippen LogP contribution >= 0.6 is 11.6 Å². The lowest BCUT2D eigenvalue weighted by atomic mass is 10.0. The number of aliphatic hydroxyl groups excluding tert-OH is 1. The van der Waals surface area contributed by atoms with E-state index in [4.69, 9.17) is 22.6 Å². The van der Waals surface area contributed by atoms with Crippen molar-refractivity contribution in [2.75, 3.05) is 5.73 Å². The second-order valence-electron chi connectivity index (χ2n) is 3.76. The van der Waals surface area contributed by atoms with E-state index in [2.05, 4.69) is 4.98 Å². The molecule has 18 heavy (non-hydrogen) atoms. The molecule has 2 rings (SSSR count). The molecule has 1 atom stereocenters. The predicted molar refractivity (Wildman–Crippen MR) is 68.9 cm³/mol. The molecular formula is C13H10ClN3O. The molecule has 0 spiro atoms. The first-order chi connectivity index (χ1) is 8.61. The number of aromatic nitrogens is 1. The summed E-state index contributed by atoms with van der Waals surface area (Å²) in [6.45, 7) is 0. The molecule has 0 saturated carbocycles. The number of anilines is 1. The van der Waals surface area contributed by atoms with E-state index in [1.807, 2.05) is 6.07 Å². The van der Waals surface area contributed by atoms with E-state index in [1.165, 1.54) is 6.20 Å². The predicted octanol–water partition coefficient (Wildman–Crippen LogP) is 2.27. The molecule has 1 aromatic carbocycles. The fourth-order valence-corrected chi connectivity index (χ4v) is 1.77. The number of nitrogens with zero attached hydrogens (tertiary/aromatic N) is 2. The Kier molecular flexibility index (Phi) is 3.47. The fraction of sp³-hybridized carbons (Fsp3) is 0.0769. The third-order valence-corrected chi connectivity index (χ3v) is 2.77. The average Bonchev–Trinajstić information content (AvgIpc) is 2.41. The zero-order valence-electron chi connectivity index (χ0n) is 9.34. The van der Waals surface area contributed by atoms with Crippen LogP contribution in [0.5, 0.6) is 0 Å². The van der Waals surface area contributed by atoms with Crippen LogP contribution < -0.4 is 5.73 Å². The Balaban J connectivity index is 2.38. The van der Waals surface area contributed by atoms with Crippen LogP contribution in [0.15, 0.2) is 36.5 Å². The van der Waals surface area contributed by atoms with Gasteiger partial charge in [0.05, 0.1) is 16.7 Å². The van der Waals surface area contributed by atoms with Crippen LogP contribution in [0, 0.1) is 11.3 Å². The maximum absolute atomic E-state index is 10.2. The molecule has 0 radical (unpaired) electrons. The van der Waals surface area contributed by atoms with Crippen LogP contribution in [0.2, 0.25) is 5.02 Å². The van der Waals surface area contributed by atoms with E-state index in [9.17, 15) is 5.11 Å². The van der Waals surface area contributed by atoms with Gasteiger partial charge in [-0.1, -0.05) is 23.7 Å². The molecule has 0 bridgehead atoms. The summed E-state index contributed by atoms with van der Waals surface area (Å²) in [4.78, 5) is 3.89. The van der Waals surface area contributed by atoms with Gasteiger partial charge in [0.15, 0.2) is 0 Å². The van der Waals surface area contributed by atoms with Crippen molar-refractivity contribution in [3.05, 3.63) is 58.2 Å². The van der Waals surface area contributed by atoms with Crippen molar-refractivity contribution in [3.63, 3.8) is 0 Å². The van der Waals surface area contributed by atoms with Crippen molar-refractivity contribution in [1.29, 1.82) is 5.26 Å². The van der Waals surface area contributed by atoms with Gasteiger partial charge in [-0.05, 0) is 23.8 Å².